The molecule has 3 nitrogen and oxygen atoms in total. The summed E-state index contributed by atoms with van der Waals surface area (Å²) in [6, 6.07) is 8.68. The van der Waals surface area contributed by atoms with Crippen LogP contribution >= 0.6 is 11.3 Å². The predicted octanol–water partition coefficient (Wildman–Crippen LogP) is 4.04. The lowest BCUT2D eigenvalue weighted by Crippen LogP contribution is -2.37. The summed E-state index contributed by atoms with van der Waals surface area (Å²) in [5, 5.41) is 2.11. The molecule has 0 atom stereocenters. The van der Waals surface area contributed by atoms with Crippen LogP contribution in [0.4, 0.5) is 0 Å². The van der Waals surface area contributed by atoms with Crippen LogP contribution in [-0.2, 0) is 13.0 Å². The van der Waals surface area contributed by atoms with Gasteiger partial charge in [0.1, 0.15) is 5.82 Å². The van der Waals surface area contributed by atoms with Crippen LogP contribution in [0, 0.1) is 13.8 Å². The average molecular weight is 313 g/mol. The quantitative estimate of drug-likeness (QED) is 0.790. The third-order valence-corrected chi connectivity index (χ3v) is 4.80. The zero-order chi connectivity index (χ0) is 15.9. The SMILES string of the molecule is Cc1cc2nc(Cc3cccs3)n(CC(C)(C)N)c2cc1C. The lowest BCUT2D eigenvalue weighted by Gasteiger charge is -2.21. The molecular formula is C18H23N3S. The number of benzene rings is 1. The first-order chi connectivity index (χ1) is 10.3. The topological polar surface area (TPSA) is 43.8 Å². The van der Waals surface area contributed by atoms with Crippen molar-refractivity contribution < 1.29 is 0 Å². The first-order valence-corrected chi connectivity index (χ1v) is 8.49. The highest BCUT2D eigenvalue weighted by atomic mass is 32.1. The monoisotopic (exact) mass is 313 g/mol. The van der Waals surface area contributed by atoms with Gasteiger partial charge in [0.15, 0.2) is 0 Å². The number of aryl methyl sites for hydroxylation is 2. The number of imidazole rings is 1. The van der Waals surface area contributed by atoms with E-state index in [2.05, 4.69) is 61.9 Å². The van der Waals surface area contributed by atoms with Crippen LogP contribution in [0.25, 0.3) is 11.0 Å². The number of aromatic nitrogens is 2. The van der Waals surface area contributed by atoms with Crippen molar-refractivity contribution in [1.29, 1.82) is 0 Å². The van der Waals surface area contributed by atoms with Crippen LogP contribution in [0.5, 0.6) is 0 Å². The van der Waals surface area contributed by atoms with Crippen molar-refractivity contribution in [2.75, 3.05) is 0 Å². The molecule has 2 aromatic heterocycles. The fourth-order valence-corrected chi connectivity index (χ4v) is 3.42. The molecule has 0 saturated heterocycles. The van der Waals surface area contributed by atoms with Gasteiger partial charge >= 0.3 is 0 Å². The van der Waals surface area contributed by atoms with E-state index in [1.54, 1.807) is 11.3 Å². The fraction of sp³-hybridized carbons (Fsp3) is 0.389. The van der Waals surface area contributed by atoms with Gasteiger partial charge in [-0.25, -0.2) is 4.98 Å². The summed E-state index contributed by atoms with van der Waals surface area (Å²) in [7, 11) is 0. The van der Waals surface area contributed by atoms with Crippen molar-refractivity contribution in [2.24, 2.45) is 5.73 Å². The summed E-state index contributed by atoms with van der Waals surface area (Å²) in [4.78, 5) is 6.22. The minimum absolute atomic E-state index is 0.267. The molecule has 0 bridgehead atoms. The summed E-state index contributed by atoms with van der Waals surface area (Å²) in [5.74, 6) is 1.10. The first kappa shape index (κ1) is 15.3. The van der Waals surface area contributed by atoms with Crippen LogP contribution in [-0.4, -0.2) is 15.1 Å². The lowest BCUT2D eigenvalue weighted by molar-refractivity contribution is 0.433. The van der Waals surface area contributed by atoms with Gasteiger partial charge in [-0.2, -0.15) is 0 Å². The summed E-state index contributed by atoms with van der Waals surface area (Å²) in [6.07, 6.45) is 0.862. The minimum atomic E-state index is -0.267. The maximum absolute atomic E-state index is 6.28. The van der Waals surface area contributed by atoms with Crippen LogP contribution in [0.2, 0.25) is 0 Å². The van der Waals surface area contributed by atoms with E-state index in [0.717, 1.165) is 24.3 Å². The van der Waals surface area contributed by atoms with E-state index in [0.29, 0.717) is 0 Å². The van der Waals surface area contributed by atoms with Gasteiger partial charge in [0, 0.05) is 23.4 Å². The molecular weight excluding hydrogens is 290 g/mol. The van der Waals surface area contributed by atoms with Gasteiger partial charge in [-0.05, 0) is 62.4 Å². The predicted molar refractivity (Wildman–Crippen MR) is 94.6 cm³/mol. The Hall–Kier alpha value is -1.65. The maximum atomic E-state index is 6.28. The Bertz CT molecular complexity index is 792. The van der Waals surface area contributed by atoms with Gasteiger partial charge in [0.05, 0.1) is 11.0 Å². The Morgan fingerprint density at radius 1 is 1.23 bits per heavy atom. The molecule has 22 heavy (non-hydrogen) atoms. The van der Waals surface area contributed by atoms with Gasteiger partial charge in [0.25, 0.3) is 0 Å². The summed E-state index contributed by atoms with van der Waals surface area (Å²) < 4.78 is 2.29. The van der Waals surface area contributed by atoms with E-state index in [4.69, 9.17) is 10.7 Å². The Balaban J connectivity index is 2.14. The van der Waals surface area contributed by atoms with Crippen LogP contribution in [0.1, 0.15) is 35.7 Å². The highest BCUT2D eigenvalue weighted by Crippen LogP contribution is 2.24. The second kappa shape index (κ2) is 5.52. The summed E-state index contributed by atoms with van der Waals surface area (Å²) in [6.45, 7) is 9.19. The lowest BCUT2D eigenvalue weighted by atomic mass is 10.1. The first-order valence-electron chi connectivity index (χ1n) is 7.61. The number of hydrogen-bond donors (Lipinski definition) is 1. The maximum Gasteiger partial charge on any atom is 0.115 e. The largest absolute Gasteiger partial charge is 0.326 e. The van der Waals surface area contributed by atoms with Gasteiger partial charge in [-0.15, -0.1) is 11.3 Å². The second-order valence-corrected chi connectivity index (χ2v) is 7.82. The third kappa shape index (κ3) is 3.08. The molecule has 0 amide bonds. The average Bonchev–Trinajstić information content (AvgIpc) is 3.00. The Morgan fingerprint density at radius 3 is 2.59 bits per heavy atom. The minimum Gasteiger partial charge on any atom is -0.326 e. The van der Waals surface area contributed by atoms with E-state index >= 15 is 0 Å². The Kier molecular flexibility index (Phi) is 3.83. The summed E-state index contributed by atoms with van der Waals surface area (Å²) in [5.41, 5.74) is 10.9. The molecule has 0 radical (unpaired) electrons. The molecule has 0 aliphatic heterocycles. The Morgan fingerprint density at radius 2 is 1.95 bits per heavy atom. The summed E-state index contributed by atoms with van der Waals surface area (Å²) >= 11 is 1.78. The zero-order valence-electron chi connectivity index (χ0n) is 13.7. The van der Waals surface area contributed by atoms with Crippen molar-refractivity contribution in [2.45, 2.75) is 46.2 Å². The third-order valence-electron chi connectivity index (χ3n) is 3.92. The van der Waals surface area contributed by atoms with Crippen LogP contribution in [0.15, 0.2) is 29.6 Å². The molecule has 2 heterocycles. The van der Waals surface area contributed by atoms with E-state index < -0.39 is 0 Å². The van der Waals surface area contributed by atoms with Gasteiger partial charge < -0.3 is 10.3 Å². The molecule has 0 aliphatic rings. The molecule has 0 spiro atoms. The molecule has 3 aromatic rings. The number of nitrogens with zero attached hydrogens (tertiary/aromatic N) is 2. The van der Waals surface area contributed by atoms with Gasteiger partial charge in [-0.3, -0.25) is 0 Å². The number of rotatable bonds is 4. The molecule has 4 heteroatoms. The number of hydrogen-bond acceptors (Lipinski definition) is 3. The van der Waals surface area contributed by atoms with E-state index in [-0.39, 0.29) is 5.54 Å². The van der Waals surface area contributed by atoms with Gasteiger partial charge in [0.2, 0.25) is 0 Å². The van der Waals surface area contributed by atoms with Crippen molar-refractivity contribution >= 4 is 22.4 Å². The Labute approximate surface area is 135 Å². The standard InChI is InChI=1S/C18H23N3S/c1-12-8-15-16(9-13(12)2)21(11-18(3,4)19)17(20-15)10-14-6-5-7-22-14/h5-9H,10-11,19H2,1-4H3. The van der Waals surface area contributed by atoms with Crippen LogP contribution in [0.3, 0.4) is 0 Å². The zero-order valence-corrected chi connectivity index (χ0v) is 14.5. The fourth-order valence-electron chi connectivity index (χ4n) is 2.72. The molecule has 0 fully saturated rings. The van der Waals surface area contributed by atoms with Crippen molar-refractivity contribution in [1.82, 2.24) is 9.55 Å². The molecule has 3 rings (SSSR count). The molecule has 0 unspecified atom stereocenters. The number of fused-ring (bicyclic) bond motifs is 1. The normalized spacial score (nSPS) is 12.2. The van der Waals surface area contributed by atoms with Crippen LogP contribution < -0.4 is 5.73 Å². The van der Waals surface area contributed by atoms with E-state index in [1.165, 1.54) is 21.5 Å². The smallest absolute Gasteiger partial charge is 0.115 e. The van der Waals surface area contributed by atoms with E-state index in [9.17, 15) is 0 Å². The number of nitrogens with two attached hydrogens (primary N) is 1. The van der Waals surface area contributed by atoms with Crippen molar-refractivity contribution in [3.05, 3.63) is 51.5 Å². The highest BCUT2D eigenvalue weighted by Gasteiger charge is 2.19. The highest BCUT2D eigenvalue weighted by molar-refractivity contribution is 7.09. The van der Waals surface area contributed by atoms with Crippen molar-refractivity contribution in [3.8, 4) is 0 Å². The van der Waals surface area contributed by atoms with Gasteiger partial charge in [-0.1, -0.05) is 6.07 Å². The molecule has 116 valence electrons. The van der Waals surface area contributed by atoms with E-state index in [1.807, 2.05) is 0 Å². The molecule has 1 aromatic carbocycles. The molecule has 2 N–H and O–H groups in total. The van der Waals surface area contributed by atoms with Crippen molar-refractivity contribution in [3.63, 3.8) is 0 Å². The number of thiophene rings is 1. The molecule has 0 aliphatic carbocycles. The molecule has 0 saturated carbocycles. The second-order valence-electron chi connectivity index (χ2n) is 6.78.